The summed E-state index contributed by atoms with van der Waals surface area (Å²) in [5, 5.41) is 87.5. The Kier molecular flexibility index (Phi) is 55.0. The summed E-state index contributed by atoms with van der Waals surface area (Å²) in [5.74, 6) is -0.272. The van der Waals surface area contributed by atoms with Crippen LogP contribution in [-0.4, -0.2) is 140 Å². The Labute approximate surface area is 547 Å². The summed E-state index contributed by atoms with van der Waals surface area (Å²) in [6.07, 6.45) is 67.5. The summed E-state index contributed by atoms with van der Waals surface area (Å²) < 4.78 is 22.8. The smallest absolute Gasteiger partial charge is 0.220 e. The number of ether oxygens (including phenoxy) is 4. The Balaban J connectivity index is 1.69. The SMILES string of the molecule is CC/C=C\C/C=C\C/C=C\C/C=C\C/C=C\C/C=C\C/C=C\CCCCCC(=O)NC(COC1OC(CO)C(OC2OC(CO)C(O)C(O)C2O)C(O)C1O)C(O)/C=C/CCCCCCCCCCCCCCCCCCCCCCCCCCCCCCC. The van der Waals surface area contributed by atoms with Crippen molar-refractivity contribution in [3.8, 4) is 0 Å². The summed E-state index contributed by atoms with van der Waals surface area (Å²) in [4.78, 5) is 13.3. The lowest BCUT2D eigenvalue weighted by atomic mass is 9.97. The van der Waals surface area contributed by atoms with E-state index in [4.69, 9.17) is 18.9 Å². The van der Waals surface area contributed by atoms with E-state index in [1.807, 2.05) is 6.08 Å². The molecule has 2 rings (SSSR count). The number of aliphatic hydroxyl groups is 8. The topological polar surface area (TPSA) is 228 Å². The molecule has 12 unspecified atom stereocenters. The largest absolute Gasteiger partial charge is 0.394 e. The van der Waals surface area contributed by atoms with E-state index in [2.05, 4.69) is 104 Å². The summed E-state index contributed by atoms with van der Waals surface area (Å²) in [5.41, 5.74) is 0. The number of carbonyl (C=O) groups is 1. The highest BCUT2D eigenvalue weighted by atomic mass is 16.7. The molecule has 2 aliphatic heterocycles. The summed E-state index contributed by atoms with van der Waals surface area (Å²) in [6.45, 7) is 2.69. The number of carbonyl (C=O) groups excluding carboxylic acids is 1. The van der Waals surface area contributed by atoms with Crippen molar-refractivity contribution in [1.29, 1.82) is 0 Å². The highest BCUT2D eigenvalue weighted by Gasteiger charge is 2.51. The maximum absolute atomic E-state index is 13.3. The number of unbranched alkanes of at least 4 members (excludes halogenated alkanes) is 32. The first kappa shape index (κ1) is 83.0. The standard InChI is InChI=1S/C76H133NO13/c1-3-5-7-9-11-13-15-17-19-21-23-25-27-29-30-31-32-33-34-36-37-39-41-43-45-47-49-51-53-55-57-59-65(80)64(63-87-75-73(86)71(84)74(67(62-79)89-75)90-76-72(85)70(83)69(82)66(61-78)88-76)77-68(81)60-58-56-54-52-50-48-46-44-42-40-38-35-28-26-24-22-20-18-16-14-12-10-8-6-4-2/h6,8,12,14,18,20,24,26,35,38,42,44,48,50,57,59,64-67,69-76,78-80,82-86H,3-5,7,9-11,13,15-17,19,21-23,25,27-34,36-37,39-41,43,45-47,49,51-56,58,60-63H2,1-2H3,(H,77,81)/b8-6-,14-12-,20-18-,26-24-,38-35-,44-42-,50-48-,59-57+. The van der Waals surface area contributed by atoms with Gasteiger partial charge in [-0.25, -0.2) is 0 Å². The van der Waals surface area contributed by atoms with Crippen LogP contribution >= 0.6 is 0 Å². The second-order valence-corrected chi connectivity index (χ2v) is 25.3. The van der Waals surface area contributed by atoms with E-state index >= 15 is 0 Å². The molecule has 0 radical (unpaired) electrons. The third-order valence-corrected chi connectivity index (χ3v) is 17.3. The van der Waals surface area contributed by atoms with Crippen LogP contribution in [0.1, 0.15) is 284 Å². The van der Waals surface area contributed by atoms with Crippen molar-refractivity contribution < 1.29 is 64.6 Å². The molecule has 0 aromatic carbocycles. The molecule has 0 aliphatic carbocycles. The Hall–Kier alpha value is -3.09. The molecule has 14 heteroatoms. The molecule has 0 saturated carbocycles. The average Bonchev–Trinajstić information content (AvgIpc) is 1.41. The molecule has 2 heterocycles. The fourth-order valence-electron chi connectivity index (χ4n) is 11.5. The van der Waals surface area contributed by atoms with Crippen molar-refractivity contribution in [2.75, 3.05) is 19.8 Å². The molecule has 0 bridgehead atoms. The second kappa shape index (κ2) is 59.6. The van der Waals surface area contributed by atoms with E-state index in [0.717, 1.165) is 83.5 Å². The number of hydrogen-bond donors (Lipinski definition) is 9. The number of rotatable bonds is 59. The van der Waals surface area contributed by atoms with Gasteiger partial charge < -0.3 is 65.1 Å². The van der Waals surface area contributed by atoms with E-state index < -0.39 is 86.8 Å². The molecular formula is C76H133NO13. The van der Waals surface area contributed by atoms with Crippen molar-refractivity contribution in [2.24, 2.45) is 0 Å². The summed E-state index contributed by atoms with van der Waals surface area (Å²) >= 11 is 0. The molecule has 90 heavy (non-hydrogen) atoms. The van der Waals surface area contributed by atoms with Crippen molar-refractivity contribution in [1.82, 2.24) is 5.32 Å². The highest BCUT2D eigenvalue weighted by Crippen LogP contribution is 2.30. The zero-order valence-electron chi connectivity index (χ0n) is 56.6. The molecular weight excluding hydrogens is 1130 g/mol. The molecule has 2 fully saturated rings. The van der Waals surface area contributed by atoms with E-state index in [9.17, 15) is 45.6 Å². The van der Waals surface area contributed by atoms with Gasteiger partial charge in [0, 0.05) is 6.42 Å². The number of aliphatic hydroxyl groups excluding tert-OH is 8. The lowest BCUT2D eigenvalue weighted by molar-refractivity contribution is -0.359. The Morgan fingerprint density at radius 1 is 0.411 bits per heavy atom. The van der Waals surface area contributed by atoms with Gasteiger partial charge in [-0.2, -0.15) is 0 Å². The summed E-state index contributed by atoms with van der Waals surface area (Å²) in [7, 11) is 0. The zero-order chi connectivity index (χ0) is 65.2. The first-order valence-corrected chi connectivity index (χ1v) is 36.5. The van der Waals surface area contributed by atoms with Gasteiger partial charge in [0.25, 0.3) is 0 Å². The van der Waals surface area contributed by atoms with Gasteiger partial charge in [-0.1, -0.05) is 297 Å². The molecule has 0 spiro atoms. The van der Waals surface area contributed by atoms with Gasteiger partial charge >= 0.3 is 0 Å². The van der Waals surface area contributed by atoms with Gasteiger partial charge in [0.1, 0.15) is 48.8 Å². The van der Waals surface area contributed by atoms with Gasteiger partial charge in [0.15, 0.2) is 12.6 Å². The lowest BCUT2D eigenvalue weighted by Crippen LogP contribution is -2.65. The third kappa shape index (κ3) is 43.0. The van der Waals surface area contributed by atoms with Crippen molar-refractivity contribution in [2.45, 2.75) is 357 Å². The van der Waals surface area contributed by atoms with E-state index in [1.165, 1.54) is 173 Å². The molecule has 0 aromatic heterocycles. The molecule has 0 aromatic rings. The molecule has 14 nitrogen and oxygen atoms in total. The quantitative estimate of drug-likeness (QED) is 0.0204. The van der Waals surface area contributed by atoms with Crippen LogP contribution in [-0.2, 0) is 23.7 Å². The van der Waals surface area contributed by atoms with Gasteiger partial charge in [0.2, 0.25) is 5.91 Å². The molecule has 1 amide bonds. The van der Waals surface area contributed by atoms with Crippen LogP contribution in [0.4, 0.5) is 0 Å². The van der Waals surface area contributed by atoms with Gasteiger partial charge in [-0.05, 0) is 77.0 Å². The first-order valence-electron chi connectivity index (χ1n) is 36.5. The van der Waals surface area contributed by atoms with Crippen molar-refractivity contribution in [3.05, 3.63) is 97.2 Å². The molecule has 12 atom stereocenters. The van der Waals surface area contributed by atoms with Gasteiger partial charge in [-0.15, -0.1) is 0 Å². The van der Waals surface area contributed by atoms with Crippen LogP contribution in [0.25, 0.3) is 0 Å². The minimum absolute atomic E-state index is 0.236. The minimum Gasteiger partial charge on any atom is -0.394 e. The first-order chi connectivity index (χ1) is 44.1. The zero-order valence-corrected chi connectivity index (χ0v) is 56.6. The Morgan fingerprint density at radius 3 is 1.18 bits per heavy atom. The van der Waals surface area contributed by atoms with E-state index in [-0.39, 0.29) is 18.9 Å². The normalized spacial score (nSPS) is 23.5. The second-order valence-electron chi connectivity index (χ2n) is 25.3. The van der Waals surface area contributed by atoms with Gasteiger partial charge in [0.05, 0.1) is 32.0 Å². The number of allylic oxidation sites excluding steroid dienone is 15. The fraction of sp³-hybridized carbons (Fsp3) is 0.776. The lowest BCUT2D eigenvalue weighted by Gasteiger charge is -2.46. The number of hydrogen-bond acceptors (Lipinski definition) is 13. The van der Waals surface area contributed by atoms with E-state index in [1.54, 1.807) is 6.08 Å². The summed E-state index contributed by atoms with van der Waals surface area (Å²) in [6, 6.07) is -0.942. The number of amides is 1. The Morgan fingerprint density at radius 2 is 0.767 bits per heavy atom. The minimum atomic E-state index is -1.80. The molecule has 2 aliphatic rings. The monoisotopic (exact) mass is 1270 g/mol. The Bertz CT molecular complexity index is 1880. The molecule has 9 N–H and O–H groups in total. The average molecular weight is 1270 g/mol. The van der Waals surface area contributed by atoms with Crippen LogP contribution in [0.2, 0.25) is 0 Å². The molecule has 2 saturated heterocycles. The number of nitrogens with one attached hydrogen (secondary N) is 1. The van der Waals surface area contributed by atoms with Crippen molar-refractivity contribution >= 4 is 5.91 Å². The predicted octanol–water partition coefficient (Wildman–Crippen LogP) is 15.3. The van der Waals surface area contributed by atoms with Gasteiger partial charge in [-0.3, -0.25) is 4.79 Å². The molecule has 520 valence electrons. The van der Waals surface area contributed by atoms with Crippen LogP contribution in [0.15, 0.2) is 97.2 Å². The van der Waals surface area contributed by atoms with Crippen LogP contribution in [0.3, 0.4) is 0 Å². The van der Waals surface area contributed by atoms with Crippen LogP contribution in [0, 0.1) is 0 Å². The fourth-order valence-corrected chi connectivity index (χ4v) is 11.5. The third-order valence-electron chi connectivity index (χ3n) is 17.3. The maximum Gasteiger partial charge on any atom is 0.220 e. The van der Waals surface area contributed by atoms with Crippen LogP contribution in [0.5, 0.6) is 0 Å². The predicted molar refractivity (Wildman–Crippen MR) is 369 cm³/mol. The van der Waals surface area contributed by atoms with Crippen LogP contribution < -0.4 is 5.32 Å². The van der Waals surface area contributed by atoms with E-state index in [0.29, 0.717) is 6.42 Å². The van der Waals surface area contributed by atoms with Crippen molar-refractivity contribution in [3.63, 3.8) is 0 Å². The highest BCUT2D eigenvalue weighted by molar-refractivity contribution is 5.76. The maximum atomic E-state index is 13.3.